The molecule has 4 nitrogen and oxygen atoms in total. The van der Waals surface area contributed by atoms with Gasteiger partial charge in [-0.15, -0.1) is 0 Å². The maximum Gasteiger partial charge on any atom is 0.400 e. The Bertz CT molecular complexity index is 1230. The molecule has 1 amide bonds. The van der Waals surface area contributed by atoms with Crippen LogP contribution in [0.5, 0.6) is 0 Å². The molecule has 1 N–H and O–H groups in total. The number of hydrogen-bond donors (Lipinski definition) is 1. The van der Waals surface area contributed by atoms with E-state index in [4.69, 9.17) is 23.2 Å². The Morgan fingerprint density at radius 2 is 1.68 bits per heavy atom. The van der Waals surface area contributed by atoms with Gasteiger partial charge in [-0.25, -0.2) is 0 Å². The number of rotatable bonds is 5. The van der Waals surface area contributed by atoms with E-state index in [2.05, 4.69) is 21.2 Å². The topological polar surface area (TPSA) is 49.4 Å². The summed E-state index contributed by atoms with van der Waals surface area (Å²) < 4.78 is 43.7. The van der Waals surface area contributed by atoms with Gasteiger partial charge in [-0.05, 0) is 64.3 Å². The summed E-state index contributed by atoms with van der Waals surface area (Å²) in [6.07, 6.45) is -4.67. The fourth-order valence-electron chi connectivity index (χ4n) is 6.15. The van der Waals surface area contributed by atoms with Crippen LogP contribution >= 0.6 is 39.1 Å². The van der Waals surface area contributed by atoms with Crippen molar-refractivity contribution in [2.45, 2.75) is 45.7 Å². The van der Waals surface area contributed by atoms with Crippen LogP contribution < -0.4 is 10.2 Å². The molecule has 2 aromatic carbocycles. The third kappa shape index (κ3) is 4.78. The fourth-order valence-corrected chi connectivity index (χ4v) is 7.22. The second-order valence-electron chi connectivity index (χ2n) is 11.1. The number of hydrogen-bond acceptors (Lipinski definition) is 3. The van der Waals surface area contributed by atoms with Crippen LogP contribution in [0.1, 0.15) is 50.0 Å². The molecule has 2 aromatic rings. The number of nitrogens with zero attached hydrogens (tertiary/aromatic N) is 1. The first-order chi connectivity index (χ1) is 17.0. The number of carbonyl (C=O) groups excluding carboxylic acids is 2. The van der Waals surface area contributed by atoms with Gasteiger partial charge in [-0.1, -0.05) is 50.9 Å². The van der Waals surface area contributed by atoms with Crippen molar-refractivity contribution in [3.05, 3.63) is 62.0 Å². The van der Waals surface area contributed by atoms with Crippen molar-refractivity contribution >= 4 is 56.5 Å². The van der Waals surface area contributed by atoms with Crippen molar-refractivity contribution in [1.29, 1.82) is 0 Å². The summed E-state index contributed by atoms with van der Waals surface area (Å²) in [5.41, 5.74) is -2.17. The van der Waals surface area contributed by atoms with Gasteiger partial charge in [0, 0.05) is 56.6 Å². The molecule has 37 heavy (non-hydrogen) atoms. The summed E-state index contributed by atoms with van der Waals surface area (Å²) in [7, 11) is 0. The highest BCUT2D eigenvalue weighted by Gasteiger charge is 2.61. The largest absolute Gasteiger partial charge is 0.400 e. The molecule has 1 aliphatic carbocycles. The standard InChI is InChI=1S/C27H28BrCl2F3N2O2/c1-24(2)21(25(3,4)23(24)37)13-34-22(36)19-6-5-18(12-20(19)28)35-8-7-26(14-35,27(31,32)33)15-9-16(29)11-17(30)10-15/h5-6,9-12,21H,7-8,13-14H2,1-4H3,(H,34,36). The first kappa shape index (κ1) is 28.2. The molecule has 10 heteroatoms. The average molecular weight is 620 g/mol. The van der Waals surface area contributed by atoms with Crippen LogP contribution in [0, 0.1) is 16.7 Å². The lowest BCUT2D eigenvalue weighted by atomic mass is 9.47. The summed E-state index contributed by atoms with van der Waals surface area (Å²) in [6.45, 7) is 7.76. The number of carbonyl (C=O) groups is 2. The second-order valence-corrected chi connectivity index (χ2v) is 12.8. The normalized spacial score (nSPS) is 23.2. The van der Waals surface area contributed by atoms with Gasteiger partial charge < -0.3 is 10.2 Å². The Morgan fingerprint density at radius 3 is 2.22 bits per heavy atom. The van der Waals surface area contributed by atoms with Crippen LogP contribution in [-0.2, 0) is 10.2 Å². The summed E-state index contributed by atoms with van der Waals surface area (Å²) in [5, 5.41) is 3.23. The first-order valence-electron chi connectivity index (χ1n) is 11.9. The zero-order valence-corrected chi connectivity index (χ0v) is 24.0. The van der Waals surface area contributed by atoms with Crippen LogP contribution in [0.4, 0.5) is 18.9 Å². The number of alkyl halides is 3. The minimum absolute atomic E-state index is 0.00502. The van der Waals surface area contributed by atoms with Crippen molar-refractivity contribution in [3.8, 4) is 0 Å². The van der Waals surface area contributed by atoms with Crippen LogP contribution in [0.25, 0.3) is 0 Å². The molecule has 1 heterocycles. The molecule has 0 radical (unpaired) electrons. The van der Waals surface area contributed by atoms with E-state index in [0.717, 1.165) is 0 Å². The Kier molecular flexibility index (Phi) is 7.22. The molecule has 200 valence electrons. The monoisotopic (exact) mass is 618 g/mol. The molecule has 4 rings (SSSR count). The van der Waals surface area contributed by atoms with E-state index < -0.39 is 22.4 Å². The molecular weight excluding hydrogens is 592 g/mol. The number of anilines is 1. The maximum absolute atomic E-state index is 14.4. The molecule has 2 fully saturated rings. The van der Waals surface area contributed by atoms with Crippen molar-refractivity contribution < 1.29 is 22.8 Å². The maximum atomic E-state index is 14.4. The Balaban J connectivity index is 1.52. The number of halogens is 6. The van der Waals surface area contributed by atoms with E-state index in [-0.39, 0.29) is 52.7 Å². The molecule has 1 saturated heterocycles. The quantitative estimate of drug-likeness (QED) is 0.378. The van der Waals surface area contributed by atoms with Crippen LogP contribution in [0.15, 0.2) is 40.9 Å². The van der Waals surface area contributed by atoms with Crippen LogP contribution in [0.2, 0.25) is 10.0 Å². The Morgan fingerprint density at radius 1 is 1.08 bits per heavy atom. The predicted octanol–water partition coefficient (Wildman–Crippen LogP) is 7.45. The fraction of sp³-hybridized carbons (Fsp3) is 0.481. The van der Waals surface area contributed by atoms with E-state index in [9.17, 15) is 22.8 Å². The molecule has 1 atom stereocenters. The number of Topliss-reactive ketones (excluding diaryl/α,β-unsaturated/α-hetero) is 1. The summed E-state index contributed by atoms with van der Waals surface area (Å²) in [4.78, 5) is 26.9. The minimum Gasteiger partial charge on any atom is -0.370 e. The highest BCUT2D eigenvalue weighted by atomic mass is 79.9. The highest BCUT2D eigenvalue weighted by Crippen LogP contribution is 2.55. The van der Waals surface area contributed by atoms with Gasteiger partial charge in [0.05, 0.1) is 5.56 Å². The van der Waals surface area contributed by atoms with Crippen LogP contribution in [0.3, 0.4) is 0 Å². The lowest BCUT2D eigenvalue weighted by molar-refractivity contribution is -0.184. The summed E-state index contributed by atoms with van der Waals surface area (Å²) in [5.74, 6) is -0.149. The van der Waals surface area contributed by atoms with Gasteiger partial charge in [0.1, 0.15) is 11.2 Å². The number of ketones is 1. The molecule has 2 aliphatic rings. The van der Waals surface area contributed by atoms with Gasteiger partial charge in [0.15, 0.2) is 0 Å². The lowest BCUT2D eigenvalue weighted by Crippen LogP contribution is -2.63. The smallest absolute Gasteiger partial charge is 0.370 e. The third-order valence-corrected chi connectivity index (χ3v) is 9.26. The van der Waals surface area contributed by atoms with E-state index >= 15 is 0 Å². The average Bonchev–Trinajstić information content (AvgIpc) is 3.24. The molecular formula is C27H28BrCl2F3N2O2. The van der Waals surface area contributed by atoms with E-state index in [1.54, 1.807) is 23.1 Å². The Labute approximate surface area is 233 Å². The van der Waals surface area contributed by atoms with E-state index in [1.165, 1.54) is 18.2 Å². The molecule has 1 unspecified atom stereocenters. The van der Waals surface area contributed by atoms with Gasteiger partial charge in [-0.2, -0.15) is 13.2 Å². The third-order valence-electron chi connectivity index (χ3n) is 8.17. The molecule has 0 aromatic heterocycles. The summed E-state index contributed by atoms with van der Waals surface area (Å²) >= 11 is 15.5. The Hall–Kier alpha value is -1.77. The van der Waals surface area contributed by atoms with Crippen LogP contribution in [-0.4, -0.2) is 37.5 Å². The molecule has 1 saturated carbocycles. The van der Waals surface area contributed by atoms with Gasteiger partial charge >= 0.3 is 6.18 Å². The molecule has 0 bridgehead atoms. The first-order valence-corrected chi connectivity index (χ1v) is 13.5. The van der Waals surface area contributed by atoms with E-state index in [0.29, 0.717) is 22.3 Å². The van der Waals surface area contributed by atoms with Gasteiger partial charge in [0.2, 0.25) is 0 Å². The molecule has 0 spiro atoms. The van der Waals surface area contributed by atoms with Crippen molar-refractivity contribution in [2.24, 2.45) is 16.7 Å². The molecule has 1 aliphatic heterocycles. The van der Waals surface area contributed by atoms with Crippen molar-refractivity contribution in [3.63, 3.8) is 0 Å². The van der Waals surface area contributed by atoms with Crippen molar-refractivity contribution in [1.82, 2.24) is 5.32 Å². The lowest BCUT2D eigenvalue weighted by Gasteiger charge is -2.55. The van der Waals surface area contributed by atoms with Crippen molar-refractivity contribution in [2.75, 3.05) is 24.5 Å². The van der Waals surface area contributed by atoms with E-state index in [1.807, 2.05) is 27.7 Å². The summed E-state index contributed by atoms with van der Waals surface area (Å²) in [6, 6.07) is 8.97. The number of amides is 1. The number of benzene rings is 2. The highest BCUT2D eigenvalue weighted by molar-refractivity contribution is 9.10. The SMILES string of the molecule is CC1(C)C(=O)C(C)(C)C1CNC(=O)c1ccc(N2CCC(c3cc(Cl)cc(Cl)c3)(C(F)(F)F)C2)cc1Br. The van der Waals surface area contributed by atoms with Gasteiger partial charge in [0.25, 0.3) is 5.91 Å². The van der Waals surface area contributed by atoms with Gasteiger partial charge in [-0.3, -0.25) is 9.59 Å². The second kappa shape index (κ2) is 9.45. The minimum atomic E-state index is -4.52. The zero-order chi connectivity index (χ0) is 27.6. The predicted molar refractivity (Wildman–Crippen MR) is 144 cm³/mol. The number of nitrogens with one attached hydrogen (secondary N) is 1. The zero-order valence-electron chi connectivity index (χ0n) is 20.9.